The number of nitrogens with zero attached hydrogens (tertiary/aromatic N) is 4. The molecule has 9 heteroatoms. The van der Waals surface area contributed by atoms with Crippen LogP contribution >= 0.6 is 11.3 Å². The number of fused-ring (bicyclic) bond motifs is 1. The number of rotatable bonds is 7. The van der Waals surface area contributed by atoms with Gasteiger partial charge in [-0.1, -0.05) is 23.5 Å². The molecule has 0 unspecified atom stereocenters. The Labute approximate surface area is 188 Å². The number of carbonyl (C=O) groups excluding carboxylic acids is 1. The molecule has 0 fully saturated rings. The Hall–Kier alpha value is -3.33. The van der Waals surface area contributed by atoms with Gasteiger partial charge in [-0.3, -0.25) is 14.4 Å². The molecule has 6 nitrogen and oxygen atoms in total. The van der Waals surface area contributed by atoms with Crippen LogP contribution in [0, 0.1) is 25.5 Å². The molecule has 0 aliphatic heterocycles. The van der Waals surface area contributed by atoms with Crippen LogP contribution in [-0.4, -0.2) is 34.3 Å². The third kappa shape index (κ3) is 4.62. The summed E-state index contributed by atoms with van der Waals surface area (Å²) >= 11 is 1.09. The summed E-state index contributed by atoms with van der Waals surface area (Å²) in [5.74, 6) is -0.921. The van der Waals surface area contributed by atoms with E-state index in [0.717, 1.165) is 34.4 Å². The Morgan fingerprint density at radius 2 is 1.91 bits per heavy atom. The number of methoxy groups -OCH3 is 1. The molecule has 2 aromatic heterocycles. The van der Waals surface area contributed by atoms with Gasteiger partial charge in [0.2, 0.25) is 5.91 Å². The second kappa shape index (κ2) is 9.04. The molecule has 2 heterocycles. The van der Waals surface area contributed by atoms with Gasteiger partial charge in [0.25, 0.3) is 0 Å². The number of aryl methyl sites for hydroxylation is 2. The van der Waals surface area contributed by atoms with E-state index in [4.69, 9.17) is 4.74 Å². The first-order valence-corrected chi connectivity index (χ1v) is 10.9. The van der Waals surface area contributed by atoms with Crippen molar-refractivity contribution in [3.8, 4) is 5.75 Å². The summed E-state index contributed by atoms with van der Waals surface area (Å²) in [5.41, 5.74) is 2.73. The van der Waals surface area contributed by atoms with Crippen LogP contribution in [0.2, 0.25) is 0 Å². The Morgan fingerprint density at radius 3 is 2.56 bits per heavy atom. The lowest BCUT2D eigenvalue weighted by Crippen LogP contribution is -2.35. The molecule has 0 saturated heterocycles. The van der Waals surface area contributed by atoms with Gasteiger partial charge in [0, 0.05) is 18.3 Å². The van der Waals surface area contributed by atoms with Crippen molar-refractivity contribution in [2.45, 2.75) is 26.8 Å². The molecule has 0 N–H and O–H groups in total. The van der Waals surface area contributed by atoms with Crippen molar-refractivity contribution in [3.63, 3.8) is 0 Å². The highest BCUT2D eigenvalue weighted by atomic mass is 32.1. The smallest absolute Gasteiger partial charge is 0.233 e. The molecule has 32 heavy (non-hydrogen) atoms. The monoisotopic (exact) mass is 456 g/mol. The summed E-state index contributed by atoms with van der Waals surface area (Å²) in [5, 5.41) is 4.77. The number of hydrogen-bond donors (Lipinski definition) is 0. The predicted octanol–water partition coefficient (Wildman–Crippen LogP) is 4.67. The van der Waals surface area contributed by atoms with Crippen LogP contribution in [0.1, 0.15) is 17.0 Å². The molecular weight excluding hydrogens is 434 g/mol. The van der Waals surface area contributed by atoms with Crippen LogP contribution < -0.4 is 9.64 Å². The fourth-order valence-electron chi connectivity index (χ4n) is 3.50. The van der Waals surface area contributed by atoms with Crippen LogP contribution in [-0.2, 0) is 17.8 Å². The zero-order valence-corrected chi connectivity index (χ0v) is 18.7. The number of aromatic nitrogens is 3. The zero-order valence-electron chi connectivity index (χ0n) is 17.9. The Morgan fingerprint density at radius 1 is 1.16 bits per heavy atom. The second-order valence-corrected chi connectivity index (χ2v) is 8.46. The first-order valence-electron chi connectivity index (χ1n) is 10.0. The third-order valence-electron chi connectivity index (χ3n) is 5.09. The SMILES string of the molecule is COc1ccc(CC(=O)N(CCn2nc(C)cc2C)c2nc3c(F)cc(F)cc3s2)cc1. The number of ether oxygens (including phenoxy) is 1. The summed E-state index contributed by atoms with van der Waals surface area (Å²) < 4.78 is 35.2. The maximum Gasteiger partial charge on any atom is 0.233 e. The van der Waals surface area contributed by atoms with Gasteiger partial charge in [-0.15, -0.1) is 0 Å². The molecule has 0 bridgehead atoms. The molecular formula is C23H22F2N4O2S. The first-order chi connectivity index (χ1) is 15.3. The van der Waals surface area contributed by atoms with E-state index in [1.54, 1.807) is 19.2 Å². The minimum atomic E-state index is -0.747. The Bertz CT molecular complexity index is 1270. The summed E-state index contributed by atoms with van der Waals surface area (Å²) in [7, 11) is 1.58. The molecule has 1 amide bonds. The van der Waals surface area contributed by atoms with Gasteiger partial charge in [-0.2, -0.15) is 5.10 Å². The van der Waals surface area contributed by atoms with E-state index in [1.165, 1.54) is 11.0 Å². The van der Waals surface area contributed by atoms with Gasteiger partial charge in [-0.25, -0.2) is 13.8 Å². The quantitative estimate of drug-likeness (QED) is 0.405. The maximum atomic E-state index is 14.2. The highest BCUT2D eigenvalue weighted by Crippen LogP contribution is 2.31. The molecule has 2 aromatic carbocycles. The van der Waals surface area contributed by atoms with E-state index in [-0.39, 0.29) is 17.8 Å². The Kier molecular flexibility index (Phi) is 6.18. The molecule has 0 atom stereocenters. The van der Waals surface area contributed by atoms with E-state index in [2.05, 4.69) is 10.1 Å². The predicted molar refractivity (Wildman–Crippen MR) is 120 cm³/mol. The highest BCUT2D eigenvalue weighted by molar-refractivity contribution is 7.22. The van der Waals surface area contributed by atoms with Gasteiger partial charge >= 0.3 is 0 Å². The fourth-order valence-corrected chi connectivity index (χ4v) is 4.55. The van der Waals surface area contributed by atoms with Gasteiger partial charge in [-0.05, 0) is 43.7 Å². The number of hydrogen-bond acceptors (Lipinski definition) is 5. The second-order valence-electron chi connectivity index (χ2n) is 7.45. The van der Waals surface area contributed by atoms with Gasteiger partial charge in [0.1, 0.15) is 17.1 Å². The number of benzene rings is 2. The largest absolute Gasteiger partial charge is 0.497 e. The van der Waals surface area contributed by atoms with Crippen LogP contribution in [0.5, 0.6) is 5.75 Å². The standard InChI is InChI=1S/C23H22F2N4O2S/c1-14-10-15(2)29(27-14)9-8-28(21(30)11-16-4-6-18(31-3)7-5-16)23-26-22-19(25)12-17(24)13-20(22)32-23/h4-7,10,12-13H,8-9,11H2,1-3H3. The number of carbonyl (C=O) groups is 1. The summed E-state index contributed by atoms with van der Waals surface area (Å²) in [6, 6.07) is 11.2. The highest BCUT2D eigenvalue weighted by Gasteiger charge is 2.22. The van der Waals surface area contributed by atoms with Gasteiger partial charge in [0.05, 0.1) is 30.5 Å². The summed E-state index contributed by atoms with van der Waals surface area (Å²) in [4.78, 5) is 19.1. The minimum absolute atomic E-state index is 0.0553. The van der Waals surface area contributed by atoms with E-state index >= 15 is 0 Å². The van der Waals surface area contributed by atoms with Crippen LogP contribution in [0.25, 0.3) is 10.2 Å². The van der Waals surface area contributed by atoms with Crippen molar-refractivity contribution in [3.05, 3.63) is 71.1 Å². The molecule has 0 aliphatic carbocycles. The molecule has 0 radical (unpaired) electrons. The average molecular weight is 457 g/mol. The molecule has 166 valence electrons. The molecule has 0 spiro atoms. The number of thiazole rings is 1. The van der Waals surface area contributed by atoms with E-state index in [1.807, 2.05) is 36.7 Å². The number of anilines is 1. The van der Waals surface area contributed by atoms with Crippen molar-refractivity contribution in [2.24, 2.45) is 0 Å². The number of halogens is 2. The molecule has 0 aliphatic rings. The molecule has 0 saturated carbocycles. The Balaban J connectivity index is 1.64. The van der Waals surface area contributed by atoms with Crippen LogP contribution in [0.4, 0.5) is 13.9 Å². The zero-order chi connectivity index (χ0) is 22.8. The number of amides is 1. The molecule has 4 aromatic rings. The summed E-state index contributed by atoms with van der Waals surface area (Å²) in [6.07, 6.45) is 0.133. The van der Waals surface area contributed by atoms with Crippen LogP contribution in [0.3, 0.4) is 0 Å². The van der Waals surface area contributed by atoms with E-state index in [9.17, 15) is 13.6 Å². The van der Waals surface area contributed by atoms with Crippen LogP contribution in [0.15, 0.2) is 42.5 Å². The third-order valence-corrected chi connectivity index (χ3v) is 6.11. The van der Waals surface area contributed by atoms with Gasteiger partial charge < -0.3 is 4.74 Å². The minimum Gasteiger partial charge on any atom is -0.497 e. The first kappa shape index (κ1) is 21.9. The average Bonchev–Trinajstić information content (AvgIpc) is 3.31. The van der Waals surface area contributed by atoms with Crippen molar-refractivity contribution < 1.29 is 18.3 Å². The van der Waals surface area contributed by atoms with Crippen molar-refractivity contribution in [2.75, 3.05) is 18.6 Å². The van der Waals surface area contributed by atoms with Gasteiger partial charge in [0.15, 0.2) is 10.9 Å². The van der Waals surface area contributed by atoms with Crippen molar-refractivity contribution in [1.82, 2.24) is 14.8 Å². The maximum absolute atomic E-state index is 14.2. The lowest BCUT2D eigenvalue weighted by Gasteiger charge is -2.20. The lowest BCUT2D eigenvalue weighted by molar-refractivity contribution is -0.118. The molecule has 4 rings (SSSR count). The summed E-state index contributed by atoms with van der Waals surface area (Å²) in [6.45, 7) is 4.59. The van der Waals surface area contributed by atoms with Crippen molar-refractivity contribution in [1.29, 1.82) is 0 Å². The van der Waals surface area contributed by atoms with E-state index < -0.39 is 11.6 Å². The van der Waals surface area contributed by atoms with Crippen molar-refractivity contribution >= 4 is 32.6 Å². The fraction of sp³-hybridized carbons (Fsp3) is 0.261. The lowest BCUT2D eigenvalue weighted by atomic mass is 10.1. The normalized spacial score (nSPS) is 11.2. The van der Waals surface area contributed by atoms with E-state index in [0.29, 0.717) is 28.7 Å². The topological polar surface area (TPSA) is 60.2 Å².